The summed E-state index contributed by atoms with van der Waals surface area (Å²) in [6.07, 6.45) is 6.77. The van der Waals surface area contributed by atoms with Crippen molar-refractivity contribution in [1.29, 1.82) is 0 Å². The van der Waals surface area contributed by atoms with E-state index in [2.05, 4.69) is 21.8 Å². The summed E-state index contributed by atoms with van der Waals surface area (Å²) in [7, 11) is 1.68. The van der Waals surface area contributed by atoms with Gasteiger partial charge in [0.1, 0.15) is 0 Å². The average molecular weight is 281 g/mol. The van der Waals surface area contributed by atoms with Crippen LogP contribution < -0.4 is 4.90 Å². The molecule has 1 amide bonds. The highest BCUT2D eigenvalue weighted by Gasteiger charge is 2.14. The Morgan fingerprint density at radius 2 is 2.19 bits per heavy atom. The molecule has 0 saturated heterocycles. The van der Waals surface area contributed by atoms with Gasteiger partial charge in [0.15, 0.2) is 0 Å². The number of nitrogens with zero attached hydrogens (tertiary/aromatic N) is 3. The molecule has 1 N–H and O–H groups in total. The molecule has 0 unspecified atom stereocenters. The van der Waals surface area contributed by atoms with Crippen LogP contribution in [0, 0.1) is 11.8 Å². The van der Waals surface area contributed by atoms with Gasteiger partial charge in [-0.2, -0.15) is 0 Å². The first-order valence-corrected chi connectivity index (χ1v) is 6.45. The molecular formula is C16H15N3O2. The van der Waals surface area contributed by atoms with E-state index in [1.54, 1.807) is 37.8 Å². The first-order chi connectivity index (χ1) is 10.2. The Hall–Kier alpha value is -2.71. The largest absolute Gasteiger partial charge is 0.395 e. The Kier molecular flexibility index (Phi) is 5.02. The van der Waals surface area contributed by atoms with Gasteiger partial charge in [0, 0.05) is 37.6 Å². The summed E-state index contributed by atoms with van der Waals surface area (Å²) < 4.78 is 0. The van der Waals surface area contributed by atoms with Crippen molar-refractivity contribution in [2.75, 3.05) is 18.6 Å². The minimum Gasteiger partial charge on any atom is -0.395 e. The lowest BCUT2D eigenvalue weighted by Gasteiger charge is -2.16. The van der Waals surface area contributed by atoms with Crippen molar-refractivity contribution in [3.63, 3.8) is 0 Å². The number of hydrogen-bond acceptors (Lipinski definition) is 4. The zero-order valence-corrected chi connectivity index (χ0v) is 11.7. The molecule has 0 radical (unpaired) electrons. The van der Waals surface area contributed by atoms with Gasteiger partial charge in [0.25, 0.3) is 5.91 Å². The molecule has 2 heterocycles. The molecule has 21 heavy (non-hydrogen) atoms. The Morgan fingerprint density at radius 1 is 1.33 bits per heavy atom. The summed E-state index contributed by atoms with van der Waals surface area (Å²) in [6.45, 7) is 0.0167. The number of rotatable bonds is 3. The number of aliphatic hydroxyl groups is 1. The van der Waals surface area contributed by atoms with Crippen LogP contribution in [-0.2, 0) is 0 Å². The van der Waals surface area contributed by atoms with Crippen molar-refractivity contribution in [2.24, 2.45) is 0 Å². The van der Waals surface area contributed by atoms with Crippen LogP contribution in [0.15, 0.2) is 43.0 Å². The summed E-state index contributed by atoms with van der Waals surface area (Å²) >= 11 is 0. The van der Waals surface area contributed by atoms with Crippen molar-refractivity contribution in [2.45, 2.75) is 6.42 Å². The van der Waals surface area contributed by atoms with Crippen molar-refractivity contribution in [3.8, 4) is 11.8 Å². The van der Waals surface area contributed by atoms with Gasteiger partial charge < -0.3 is 10.0 Å². The fourth-order valence-corrected chi connectivity index (χ4v) is 1.71. The van der Waals surface area contributed by atoms with Crippen LogP contribution >= 0.6 is 0 Å². The van der Waals surface area contributed by atoms with E-state index in [4.69, 9.17) is 5.11 Å². The van der Waals surface area contributed by atoms with Crippen LogP contribution in [0.3, 0.4) is 0 Å². The van der Waals surface area contributed by atoms with Crippen LogP contribution in [-0.4, -0.2) is 34.6 Å². The van der Waals surface area contributed by atoms with Crippen LogP contribution in [0.25, 0.3) is 0 Å². The highest BCUT2D eigenvalue weighted by molar-refractivity contribution is 6.05. The van der Waals surface area contributed by atoms with Gasteiger partial charge >= 0.3 is 0 Å². The monoisotopic (exact) mass is 281 g/mol. The van der Waals surface area contributed by atoms with E-state index in [-0.39, 0.29) is 12.5 Å². The summed E-state index contributed by atoms with van der Waals surface area (Å²) in [4.78, 5) is 21.9. The minimum atomic E-state index is -0.179. The predicted octanol–water partition coefficient (Wildman–Crippen LogP) is 1.49. The third-order valence-electron chi connectivity index (χ3n) is 2.79. The van der Waals surface area contributed by atoms with E-state index in [0.29, 0.717) is 23.2 Å². The molecule has 0 atom stereocenters. The Morgan fingerprint density at radius 3 is 2.90 bits per heavy atom. The highest BCUT2D eigenvalue weighted by atomic mass is 16.2. The fraction of sp³-hybridized carbons (Fsp3) is 0.188. The standard InChI is InChI=1S/C16H15N3O2/c1-19(15-6-4-7-17-12-15)16(21)14-9-13(10-18-11-14)5-2-3-8-20/h4,6-7,9-12,20H,3,8H2,1H3. The van der Waals surface area contributed by atoms with E-state index in [0.717, 1.165) is 0 Å². The zero-order chi connectivity index (χ0) is 15.1. The highest BCUT2D eigenvalue weighted by Crippen LogP contribution is 2.13. The third-order valence-corrected chi connectivity index (χ3v) is 2.79. The van der Waals surface area contributed by atoms with E-state index in [9.17, 15) is 4.79 Å². The number of carbonyl (C=O) groups excluding carboxylic acids is 1. The molecule has 0 aliphatic carbocycles. The molecule has 0 aromatic carbocycles. The number of aliphatic hydroxyl groups excluding tert-OH is 1. The average Bonchev–Trinajstić information content (AvgIpc) is 2.55. The third kappa shape index (κ3) is 3.88. The summed E-state index contributed by atoms with van der Waals surface area (Å²) in [5, 5.41) is 8.70. The molecule has 106 valence electrons. The van der Waals surface area contributed by atoms with Crippen molar-refractivity contribution >= 4 is 11.6 Å². The lowest BCUT2D eigenvalue weighted by molar-refractivity contribution is 0.0992. The molecule has 0 aliphatic heterocycles. The van der Waals surface area contributed by atoms with Crippen LogP contribution in [0.1, 0.15) is 22.3 Å². The van der Waals surface area contributed by atoms with Crippen molar-refractivity contribution in [1.82, 2.24) is 9.97 Å². The molecule has 0 spiro atoms. The smallest absolute Gasteiger partial charge is 0.259 e. The maximum absolute atomic E-state index is 12.4. The molecule has 2 aromatic heterocycles. The molecular weight excluding hydrogens is 266 g/mol. The number of aromatic nitrogens is 2. The van der Waals surface area contributed by atoms with Crippen LogP contribution in [0.5, 0.6) is 0 Å². The predicted molar refractivity (Wildman–Crippen MR) is 79.8 cm³/mol. The minimum absolute atomic E-state index is 0.0167. The first kappa shape index (κ1) is 14.7. The quantitative estimate of drug-likeness (QED) is 0.866. The number of anilines is 1. The van der Waals surface area contributed by atoms with Gasteiger partial charge in [0.2, 0.25) is 0 Å². The van der Waals surface area contributed by atoms with E-state index in [1.807, 2.05) is 6.07 Å². The van der Waals surface area contributed by atoms with Crippen LogP contribution in [0.4, 0.5) is 5.69 Å². The second-order valence-corrected chi connectivity index (χ2v) is 4.31. The summed E-state index contributed by atoms with van der Waals surface area (Å²) in [5.41, 5.74) is 1.81. The Balaban J connectivity index is 2.20. The molecule has 2 aromatic rings. The lowest BCUT2D eigenvalue weighted by Crippen LogP contribution is -2.26. The van der Waals surface area contributed by atoms with Gasteiger partial charge in [-0.3, -0.25) is 14.8 Å². The molecule has 2 rings (SSSR count). The van der Waals surface area contributed by atoms with Crippen LogP contribution in [0.2, 0.25) is 0 Å². The normalized spacial score (nSPS) is 9.62. The molecule has 5 nitrogen and oxygen atoms in total. The molecule has 5 heteroatoms. The zero-order valence-electron chi connectivity index (χ0n) is 11.7. The number of carbonyl (C=O) groups is 1. The van der Waals surface area contributed by atoms with Crippen molar-refractivity contribution in [3.05, 3.63) is 54.1 Å². The first-order valence-electron chi connectivity index (χ1n) is 6.45. The number of pyridine rings is 2. The van der Waals surface area contributed by atoms with E-state index < -0.39 is 0 Å². The maximum Gasteiger partial charge on any atom is 0.259 e. The van der Waals surface area contributed by atoms with Crippen molar-refractivity contribution < 1.29 is 9.90 Å². The molecule has 0 saturated carbocycles. The SMILES string of the molecule is CN(C(=O)c1cncc(C#CCCO)c1)c1cccnc1. The second kappa shape index (κ2) is 7.17. The van der Waals surface area contributed by atoms with Gasteiger partial charge in [-0.1, -0.05) is 11.8 Å². The topological polar surface area (TPSA) is 66.3 Å². The number of amides is 1. The molecule has 0 bridgehead atoms. The second-order valence-electron chi connectivity index (χ2n) is 4.31. The van der Waals surface area contributed by atoms with Gasteiger partial charge in [-0.15, -0.1) is 0 Å². The molecule has 0 fully saturated rings. The Labute approximate surface area is 123 Å². The van der Waals surface area contributed by atoms with E-state index >= 15 is 0 Å². The molecule has 0 aliphatic rings. The fourth-order valence-electron chi connectivity index (χ4n) is 1.71. The van der Waals surface area contributed by atoms with Gasteiger partial charge in [-0.05, 0) is 18.2 Å². The number of hydrogen-bond donors (Lipinski definition) is 1. The maximum atomic E-state index is 12.4. The van der Waals surface area contributed by atoms with E-state index in [1.165, 1.54) is 11.1 Å². The van der Waals surface area contributed by atoms with Gasteiger partial charge in [-0.25, -0.2) is 0 Å². The summed E-state index contributed by atoms with van der Waals surface area (Å²) in [5.74, 6) is 5.49. The Bertz CT molecular complexity index is 675. The summed E-state index contributed by atoms with van der Waals surface area (Å²) in [6, 6.07) is 5.27. The van der Waals surface area contributed by atoms with Gasteiger partial charge in [0.05, 0.1) is 24.1 Å². The lowest BCUT2D eigenvalue weighted by atomic mass is 10.2.